The van der Waals surface area contributed by atoms with E-state index < -0.39 is 0 Å². The molecular weight excluding hydrogens is 182 g/mol. The summed E-state index contributed by atoms with van der Waals surface area (Å²) in [7, 11) is 2.02. The van der Waals surface area contributed by atoms with Crippen LogP contribution in [0.4, 0.5) is 0 Å². The van der Waals surface area contributed by atoms with Crippen molar-refractivity contribution < 1.29 is 0 Å². The Balaban J connectivity index is 2.30. The van der Waals surface area contributed by atoms with Crippen LogP contribution < -0.4 is 5.32 Å². The van der Waals surface area contributed by atoms with Crippen molar-refractivity contribution >= 4 is 11.8 Å². The third-order valence-corrected chi connectivity index (χ3v) is 2.78. The second kappa shape index (κ2) is 5.29. The summed E-state index contributed by atoms with van der Waals surface area (Å²) in [6.45, 7) is 3.05. The Morgan fingerprint density at radius 1 is 1.69 bits per heavy atom. The van der Waals surface area contributed by atoms with E-state index in [9.17, 15) is 0 Å². The molecule has 0 amide bonds. The zero-order valence-electron chi connectivity index (χ0n) is 8.45. The van der Waals surface area contributed by atoms with Crippen molar-refractivity contribution in [3.05, 3.63) is 18.2 Å². The van der Waals surface area contributed by atoms with E-state index in [2.05, 4.69) is 23.5 Å². The summed E-state index contributed by atoms with van der Waals surface area (Å²) in [5.41, 5.74) is 0. The number of aryl methyl sites for hydroxylation is 1. The van der Waals surface area contributed by atoms with Gasteiger partial charge in [-0.3, -0.25) is 0 Å². The second-order valence-corrected chi connectivity index (χ2v) is 4.10. The maximum Gasteiger partial charge on any atom is 0.122 e. The topological polar surface area (TPSA) is 29.9 Å². The van der Waals surface area contributed by atoms with Crippen molar-refractivity contribution in [2.75, 3.05) is 12.0 Å². The van der Waals surface area contributed by atoms with Crippen molar-refractivity contribution in [1.29, 1.82) is 0 Å². The molecule has 0 aliphatic rings. The van der Waals surface area contributed by atoms with E-state index >= 15 is 0 Å². The maximum atomic E-state index is 4.24. The van der Waals surface area contributed by atoms with Crippen LogP contribution in [0.25, 0.3) is 0 Å². The highest BCUT2D eigenvalue weighted by atomic mass is 32.2. The minimum atomic E-state index is 0.548. The molecule has 1 N–H and O–H groups in total. The third-order valence-electron chi connectivity index (χ3n) is 1.95. The van der Waals surface area contributed by atoms with Crippen molar-refractivity contribution in [1.82, 2.24) is 14.9 Å². The number of hydrogen-bond donors (Lipinski definition) is 1. The zero-order valence-corrected chi connectivity index (χ0v) is 9.27. The first-order chi connectivity index (χ1) is 6.24. The molecule has 0 radical (unpaired) electrons. The number of hydrogen-bond acceptors (Lipinski definition) is 3. The van der Waals surface area contributed by atoms with Crippen molar-refractivity contribution in [2.45, 2.75) is 19.5 Å². The monoisotopic (exact) mass is 199 g/mol. The van der Waals surface area contributed by atoms with Gasteiger partial charge < -0.3 is 9.88 Å². The predicted octanol–water partition coefficient (Wildman–Crippen LogP) is 1.26. The van der Waals surface area contributed by atoms with Gasteiger partial charge in [0.1, 0.15) is 5.82 Å². The lowest BCUT2D eigenvalue weighted by Crippen LogP contribution is -2.28. The molecule has 1 aromatic heterocycles. The van der Waals surface area contributed by atoms with Gasteiger partial charge >= 0.3 is 0 Å². The van der Waals surface area contributed by atoms with Crippen LogP contribution in [0.3, 0.4) is 0 Å². The van der Waals surface area contributed by atoms with Crippen LogP contribution in [0.1, 0.15) is 12.7 Å². The quantitative estimate of drug-likeness (QED) is 0.774. The molecule has 0 saturated heterocycles. The van der Waals surface area contributed by atoms with Crippen LogP contribution in [0.5, 0.6) is 0 Å². The molecule has 0 bridgehead atoms. The van der Waals surface area contributed by atoms with Crippen molar-refractivity contribution in [3.8, 4) is 0 Å². The molecule has 4 heteroatoms. The van der Waals surface area contributed by atoms with E-state index in [1.165, 1.54) is 0 Å². The average molecular weight is 199 g/mol. The van der Waals surface area contributed by atoms with Crippen LogP contribution in [-0.2, 0) is 13.6 Å². The fraction of sp³-hybridized carbons (Fsp3) is 0.667. The molecule has 0 fully saturated rings. The molecule has 0 aromatic carbocycles. The fourth-order valence-electron chi connectivity index (χ4n) is 1.14. The van der Waals surface area contributed by atoms with Gasteiger partial charge in [0.2, 0.25) is 0 Å². The summed E-state index contributed by atoms with van der Waals surface area (Å²) in [4.78, 5) is 4.24. The van der Waals surface area contributed by atoms with Crippen molar-refractivity contribution in [2.24, 2.45) is 7.05 Å². The summed E-state index contributed by atoms with van der Waals surface area (Å²) >= 11 is 1.86. The molecule has 1 heterocycles. The minimum absolute atomic E-state index is 0.548. The number of nitrogens with zero attached hydrogens (tertiary/aromatic N) is 2. The second-order valence-electron chi connectivity index (χ2n) is 3.19. The maximum absolute atomic E-state index is 4.24. The van der Waals surface area contributed by atoms with E-state index in [-0.39, 0.29) is 0 Å². The highest BCUT2D eigenvalue weighted by Gasteiger charge is 2.02. The Hall–Kier alpha value is -0.480. The summed E-state index contributed by atoms with van der Waals surface area (Å²) < 4.78 is 2.04. The van der Waals surface area contributed by atoms with Crippen LogP contribution in [-0.4, -0.2) is 27.6 Å². The molecule has 0 aliphatic carbocycles. The first-order valence-electron chi connectivity index (χ1n) is 4.42. The molecule has 0 aliphatic heterocycles. The number of rotatable bonds is 5. The Morgan fingerprint density at radius 3 is 3.00 bits per heavy atom. The standard InChI is InChI=1S/C9H17N3S/c1-8(7-13-3)11-6-9-10-4-5-12(9)2/h4-5,8,11H,6-7H2,1-3H3. The summed E-state index contributed by atoms with van der Waals surface area (Å²) in [5, 5.41) is 3.42. The van der Waals surface area contributed by atoms with E-state index in [1.54, 1.807) is 0 Å². The van der Waals surface area contributed by atoms with Gasteiger partial charge in [-0.1, -0.05) is 0 Å². The highest BCUT2D eigenvalue weighted by molar-refractivity contribution is 7.98. The van der Waals surface area contributed by atoms with Crippen LogP contribution in [0.2, 0.25) is 0 Å². The van der Waals surface area contributed by atoms with Gasteiger partial charge in [-0.25, -0.2) is 4.98 Å². The van der Waals surface area contributed by atoms with Gasteiger partial charge in [-0.2, -0.15) is 11.8 Å². The minimum Gasteiger partial charge on any atom is -0.337 e. The Kier molecular flexibility index (Phi) is 4.32. The number of imidazole rings is 1. The first-order valence-corrected chi connectivity index (χ1v) is 5.82. The molecular formula is C9H17N3S. The van der Waals surface area contributed by atoms with E-state index in [1.807, 2.05) is 35.8 Å². The molecule has 1 unspecified atom stereocenters. The van der Waals surface area contributed by atoms with Crippen molar-refractivity contribution in [3.63, 3.8) is 0 Å². The lowest BCUT2D eigenvalue weighted by Gasteiger charge is -2.11. The molecule has 1 aromatic rings. The van der Waals surface area contributed by atoms with Gasteiger partial charge in [0.25, 0.3) is 0 Å². The van der Waals surface area contributed by atoms with Crippen LogP contribution in [0, 0.1) is 0 Å². The van der Waals surface area contributed by atoms with Crippen LogP contribution in [0.15, 0.2) is 12.4 Å². The highest BCUT2D eigenvalue weighted by Crippen LogP contribution is 1.98. The summed E-state index contributed by atoms with van der Waals surface area (Å²) in [6.07, 6.45) is 5.92. The lowest BCUT2D eigenvalue weighted by atomic mass is 10.4. The third kappa shape index (κ3) is 3.40. The van der Waals surface area contributed by atoms with Crippen LogP contribution >= 0.6 is 11.8 Å². The van der Waals surface area contributed by atoms with E-state index in [0.717, 1.165) is 18.1 Å². The predicted molar refractivity (Wildman–Crippen MR) is 57.9 cm³/mol. The lowest BCUT2D eigenvalue weighted by molar-refractivity contribution is 0.567. The Labute approximate surface area is 83.9 Å². The van der Waals surface area contributed by atoms with Gasteiger partial charge in [-0.15, -0.1) is 0 Å². The van der Waals surface area contributed by atoms with Gasteiger partial charge in [0.15, 0.2) is 0 Å². The molecule has 0 saturated carbocycles. The smallest absolute Gasteiger partial charge is 0.122 e. The number of thioether (sulfide) groups is 1. The molecule has 13 heavy (non-hydrogen) atoms. The molecule has 1 atom stereocenters. The Bertz CT molecular complexity index is 247. The molecule has 0 spiro atoms. The fourth-order valence-corrected chi connectivity index (χ4v) is 1.76. The normalized spacial score (nSPS) is 13.2. The van der Waals surface area contributed by atoms with E-state index in [4.69, 9.17) is 0 Å². The van der Waals surface area contributed by atoms with Gasteiger partial charge in [0.05, 0.1) is 6.54 Å². The van der Waals surface area contributed by atoms with Gasteiger partial charge in [0, 0.05) is 31.2 Å². The Morgan fingerprint density at radius 2 is 2.46 bits per heavy atom. The molecule has 3 nitrogen and oxygen atoms in total. The van der Waals surface area contributed by atoms with E-state index in [0.29, 0.717) is 6.04 Å². The molecule has 74 valence electrons. The summed E-state index contributed by atoms with van der Waals surface area (Å²) in [5.74, 6) is 2.23. The number of nitrogens with one attached hydrogen (secondary N) is 1. The zero-order chi connectivity index (χ0) is 9.68. The van der Waals surface area contributed by atoms with Gasteiger partial charge in [-0.05, 0) is 13.2 Å². The molecule has 1 rings (SSSR count). The number of aromatic nitrogens is 2. The largest absolute Gasteiger partial charge is 0.337 e. The average Bonchev–Trinajstić information content (AvgIpc) is 2.48. The summed E-state index contributed by atoms with van der Waals surface area (Å²) in [6, 6.07) is 0.548. The first kappa shape index (κ1) is 10.6. The SMILES string of the molecule is CSCC(C)NCc1nccn1C.